The Morgan fingerprint density at radius 2 is 1.84 bits per heavy atom. The molecule has 0 aliphatic carbocycles. The number of benzene rings is 1. The summed E-state index contributed by atoms with van der Waals surface area (Å²) < 4.78 is 0. The molecule has 0 fully saturated rings. The van der Waals surface area contributed by atoms with E-state index >= 15 is 0 Å². The van der Waals surface area contributed by atoms with Crippen LogP contribution in [-0.4, -0.2) is 43.8 Å². The number of carbonyl (C=O) groups is 1. The number of nitrogens with zero attached hydrogens (tertiary/aromatic N) is 4. The first kappa shape index (κ1) is 21.7. The lowest BCUT2D eigenvalue weighted by molar-refractivity contribution is 0.101. The highest BCUT2D eigenvalue weighted by Crippen LogP contribution is 2.35. The molecule has 0 unspecified atom stereocenters. The largest absolute Gasteiger partial charge is 0.368 e. The fourth-order valence-electron chi connectivity index (χ4n) is 3.03. The van der Waals surface area contributed by atoms with Crippen LogP contribution in [0.25, 0.3) is 22.5 Å². The molecule has 10 heteroatoms. The summed E-state index contributed by atoms with van der Waals surface area (Å²) >= 11 is 12.5. The zero-order valence-corrected chi connectivity index (χ0v) is 18.6. The third-order valence-electron chi connectivity index (χ3n) is 4.65. The number of anilines is 2. The van der Waals surface area contributed by atoms with Gasteiger partial charge in [-0.05, 0) is 37.3 Å². The Morgan fingerprint density at radius 1 is 1.00 bits per heavy atom. The van der Waals surface area contributed by atoms with Crippen LogP contribution in [-0.2, 0) is 0 Å². The second-order valence-electron chi connectivity index (χ2n) is 6.89. The Labute approximate surface area is 194 Å². The molecule has 0 bridgehead atoms. The molecule has 1 aromatic carbocycles. The molecule has 162 valence electrons. The minimum Gasteiger partial charge on any atom is -0.368 e. The Bertz CT molecular complexity index is 1230. The number of Topliss-reactive ketones (excluding diaryl/α,β-unsaturated/α-hetero) is 1. The smallest absolute Gasteiger partial charge is 0.223 e. The molecule has 0 atom stereocenters. The maximum atomic E-state index is 11.3. The number of carbonyl (C=O) groups excluding carboxylic acids is 1. The van der Waals surface area contributed by atoms with Crippen LogP contribution in [0.3, 0.4) is 0 Å². The lowest BCUT2D eigenvalue weighted by atomic mass is 10.1. The van der Waals surface area contributed by atoms with E-state index in [0.29, 0.717) is 46.2 Å². The molecule has 0 saturated heterocycles. The standard InChI is InChI=1S/C22H19Cl2N7O/c1-13(32)14-2-5-20(28-9-14)26-6-7-27-22-29-10-17(19-11-25-12-30-19)21(31-22)16-4-3-15(23)8-18(16)24/h2-5,8-12H,6-7H2,1H3,(H,25,30)(H,26,28)(H,27,29,31). The predicted molar refractivity (Wildman–Crippen MR) is 126 cm³/mol. The highest BCUT2D eigenvalue weighted by molar-refractivity contribution is 6.36. The second-order valence-corrected chi connectivity index (χ2v) is 7.73. The van der Waals surface area contributed by atoms with E-state index in [1.165, 1.54) is 6.92 Å². The van der Waals surface area contributed by atoms with Crippen LogP contribution in [0.2, 0.25) is 10.0 Å². The van der Waals surface area contributed by atoms with E-state index in [9.17, 15) is 4.79 Å². The zero-order valence-electron chi connectivity index (χ0n) is 17.1. The molecule has 0 aliphatic heterocycles. The number of imidazole rings is 1. The van der Waals surface area contributed by atoms with Crippen LogP contribution in [0.5, 0.6) is 0 Å². The van der Waals surface area contributed by atoms with Crippen molar-refractivity contribution in [3.8, 4) is 22.5 Å². The number of aromatic nitrogens is 5. The van der Waals surface area contributed by atoms with Crippen LogP contribution < -0.4 is 10.6 Å². The summed E-state index contributed by atoms with van der Waals surface area (Å²) in [6, 6.07) is 8.79. The highest BCUT2D eigenvalue weighted by Gasteiger charge is 2.15. The van der Waals surface area contributed by atoms with Gasteiger partial charge in [0.05, 0.1) is 28.9 Å². The van der Waals surface area contributed by atoms with Gasteiger partial charge in [0, 0.05) is 47.2 Å². The van der Waals surface area contributed by atoms with Crippen molar-refractivity contribution in [3.63, 3.8) is 0 Å². The molecule has 0 aliphatic rings. The van der Waals surface area contributed by atoms with Crippen LogP contribution in [0.1, 0.15) is 17.3 Å². The van der Waals surface area contributed by atoms with Crippen molar-refractivity contribution in [1.29, 1.82) is 0 Å². The Balaban J connectivity index is 1.49. The third-order valence-corrected chi connectivity index (χ3v) is 5.20. The number of pyridine rings is 1. The lowest BCUT2D eigenvalue weighted by Crippen LogP contribution is -2.16. The molecule has 4 aromatic rings. The van der Waals surface area contributed by atoms with Crippen LogP contribution >= 0.6 is 23.2 Å². The lowest BCUT2D eigenvalue weighted by Gasteiger charge is -2.12. The van der Waals surface area contributed by atoms with Gasteiger partial charge in [-0.15, -0.1) is 0 Å². The minimum absolute atomic E-state index is 0.0157. The number of ketones is 1. The maximum Gasteiger partial charge on any atom is 0.223 e. The number of hydrogen-bond acceptors (Lipinski definition) is 7. The molecule has 0 radical (unpaired) electrons. The van der Waals surface area contributed by atoms with Crippen LogP contribution in [0, 0.1) is 0 Å². The molecule has 0 saturated carbocycles. The summed E-state index contributed by atoms with van der Waals surface area (Å²) in [5, 5.41) is 7.42. The topological polar surface area (TPSA) is 108 Å². The van der Waals surface area contributed by atoms with E-state index < -0.39 is 0 Å². The van der Waals surface area contributed by atoms with E-state index in [1.807, 2.05) is 6.07 Å². The summed E-state index contributed by atoms with van der Waals surface area (Å²) in [6.45, 7) is 2.64. The molecule has 3 heterocycles. The second kappa shape index (κ2) is 9.76. The molecule has 0 amide bonds. The quantitative estimate of drug-likeness (QED) is 0.248. The van der Waals surface area contributed by atoms with E-state index in [2.05, 4.69) is 35.6 Å². The maximum absolute atomic E-state index is 11.3. The first-order chi connectivity index (χ1) is 15.5. The van der Waals surface area contributed by atoms with Gasteiger partial charge in [0.15, 0.2) is 5.78 Å². The summed E-state index contributed by atoms with van der Waals surface area (Å²) in [4.78, 5) is 31.8. The SMILES string of the molecule is CC(=O)c1ccc(NCCNc2ncc(-c3cnc[nH]3)c(-c3ccc(Cl)cc3Cl)n2)nc1. The van der Waals surface area contributed by atoms with E-state index in [1.54, 1.807) is 49.2 Å². The molecular formula is C22H19Cl2N7O. The normalized spacial score (nSPS) is 10.7. The first-order valence-corrected chi connectivity index (χ1v) is 10.5. The predicted octanol–water partition coefficient (Wildman–Crippen LogP) is 4.96. The van der Waals surface area contributed by atoms with Crippen molar-refractivity contribution >= 4 is 40.8 Å². The van der Waals surface area contributed by atoms with Crippen LogP contribution in [0.15, 0.2) is 55.2 Å². The fraction of sp³-hybridized carbons (Fsp3) is 0.136. The average molecular weight is 468 g/mol. The molecule has 3 aromatic heterocycles. The van der Waals surface area contributed by atoms with Gasteiger partial charge in [0.25, 0.3) is 0 Å². The van der Waals surface area contributed by atoms with Crippen molar-refractivity contribution in [2.75, 3.05) is 23.7 Å². The zero-order chi connectivity index (χ0) is 22.5. The van der Waals surface area contributed by atoms with Crippen molar-refractivity contribution < 1.29 is 4.79 Å². The number of H-pyrrole nitrogens is 1. The molecule has 4 rings (SSSR count). The fourth-order valence-corrected chi connectivity index (χ4v) is 3.52. The van der Waals surface area contributed by atoms with Gasteiger partial charge in [-0.2, -0.15) is 0 Å². The Kier molecular flexibility index (Phi) is 6.63. The van der Waals surface area contributed by atoms with Crippen molar-refractivity contribution in [2.45, 2.75) is 6.92 Å². The van der Waals surface area contributed by atoms with E-state index in [4.69, 9.17) is 23.2 Å². The van der Waals surface area contributed by atoms with E-state index in [0.717, 1.165) is 16.8 Å². The molecule has 0 spiro atoms. The molecule has 3 N–H and O–H groups in total. The van der Waals surface area contributed by atoms with Gasteiger partial charge in [0.2, 0.25) is 5.95 Å². The molecular weight excluding hydrogens is 449 g/mol. The average Bonchev–Trinajstić information content (AvgIpc) is 3.32. The van der Waals surface area contributed by atoms with Gasteiger partial charge in [-0.25, -0.2) is 19.9 Å². The van der Waals surface area contributed by atoms with Gasteiger partial charge in [0.1, 0.15) is 5.82 Å². The number of nitrogens with one attached hydrogen (secondary N) is 3. The minimum atomic E-state index is -0.0157. The Hall–Kier alpha value is -3.49. The number of rotatable bonds is 8. The third kappa shape index (κ3) is 5.04. The van der Waals surface area contributed by atoms with Crippen LogP contribution in [0.4, 0.5) is 11.8 Å². The summed E-state index contributed by atoms with van der Waals surface area (Å²) in [5.41, 5.74) is 3.51. The van der Waals surface area contributed by atoms with Gasteiger partial charge >= 0.3 is 0 Å². The van der Waals surface area contributed by atoms with Gasteiger partial charge in [-0.1, -0.05) is 23.2 Å². The van der Waals surface area contributed by atoms with Crippen molar-refractivity contribution in [1.82, 2.24) is 24.9 Å². The highest BCUT2D eigenvalue weighted by atomic mass is 35.5. The van der Waals surface area contributed by atoms with Gasteiger partial charge in [-0.3, -0.25) is 4.79 Å². The summed E-state index contributed by atoms with van der Waals surface area (Å²) in [7, 11) is 0. The van der Waals surface area contributed by atoms with Crippen molar-refractivity contribution in [3.05, 3.63) is 70.9 Å². The number of hydrogen-bond donors (Lipinski definition) is 3. The van der Waals surface area contributed by atoms with Crippen molar-refractivity contribution in [2.24, 2.45) is 0 Å². The van der Waals surface area contributed by atoms with E-state index in [-0.39, 0.29) is 5.78 Å². The first-order valence-electron chi connectivity index (χ1n) is 9.77. The summed E-state index contributed by atoms with van der Waals surface area (Å²) in [6.07, 6.45) is 6.57. The number of halogens is 2. The molecule has 8 nitrogen and oxygen atoms in total. The summed E-state index contributed by atoms with van der Waals surface area (Å²) in [5.74, 6) is 1.12. The monoisotopic (exact) mass is 467 g/mol. The Morgan fingerprint density at radius 3 is 2.53 bits per heavy atom. The molecule has 32 heavy (non-hydrogen) atoms. The number of aromatic amines is 1. The van der Waals surface area contributed by atoms with Gasteiger partial charge < -0.3 is 15.6 Å².